The zero-order valence-corrected chi connectivity index (χ0v) is 9.90. The highest BCUT2D eigenvalue weighted by Gasteiger charge is 2.15. The van der Waals surface area contributed by atoms with Gasteiger partial charge in [-0.05, 0) is 12.1 Å². The molecule has 7 nitrogen and oxygen atoms in total. The highest BCUT2D eigenvalue weighted by molar-refractivity contribution is 8.06. The maximum Gasteiger partial charge on any atom is 0.376 e. The molecule has 1 heterocycles. The minimum atomic E-state index is -4.02. The Kier molecular flexibility index (Phi) is 2.88. The average Bonchev–Trinajstić information content (AvgIpc) is 2.17. The molecule has 0 fully saturated rings. The van der Waals surface area contributed by atoms with Crippen molar-refractivity contribution in [2.75, 3.05) is 0 Å². The smallest absolute Gasteiger partial charge is 0.376 e. The lowest BCUT2D eigenvalue weighted by molar-refractivity contribution is 0.363. The van der Waals surface area contributed by atoms with Crippen LogP contribution in [0.1, 0.15) is 0 Å². The highest BCUT2D eigenvalue weighted by Crippen LogP contribution is 2.35. The quantitative estimate of drug-likeness (QED) is 0.579. The van der Waals surface area contributed by atoms with E-state index in [4.69, 9.17) is 9.79 Å². The third-order valence-electron chi connectivity index (χ3n) is 1.85. The van der Waals surface area contributed by atoms with Crippen LogP contribution in [-0.2, 0) is 11.8 Å². The molecular formula is C8H7N2O5PS. The zero-order valence-electron chi connectivity index (χ0n) is 8.19. The van der Waals surface area contributed by atoms with Crippen LogP contribution in [0.5, 0.6) is 11.6 Å². The van der Waals surface area contributed by atoms with Gasteiger partial charge in [0.2, 0.25) is 0 Å². The first-order valence-corrected chi connectivity index (χ1v) is 6.96. The second-order valence-electron chi connectivity index (χ2n) is 3.15. The number of fused-ring (bicyclic) bond motifs is 1. The summed E-state index contributed by atoms with van der Waals surface area (Å²) in [6.07, 6.45) is 0. The van der Waals surface area contributed by atoms with E-state index in [9.17, 15) is 9.90 Å². The number of aromatic amines is 1. The summed E-state index contributed by atoms with van der Waals surface area (Å²) in [6, 6.07) is 4.12. The maximum absolute atomic E-state index is 11.4. The number of phenols is 1. The van der Waals surface area contributed by atoms with Crippen LogP contribution in [0.3, 0.4) is 0 Å². The van der Waals surface area contributed by atoms with E-state index >= 15 is 0 Å². The van der Waals surface area contributed by atoms with Crippen LogP contribution >= 0.6 is 6.72 Å². The molecule has 17 heavy (non-hydrogen) atoms. The Balaban J connectivity index is 2.61. The Morgan fingerprint density at radius 1 is 1.41 bits per heavy atom. The average molecular weight is 274 g/mol. The largest absolute Gasteiger partial charge is 0.508 e. The van der Waals surface area contributed by atoms with Gasteiger partial charge in [0.25, 0.3) is 5.88 Å². The van der Waals surface area contributed by atoms with E-state index in [1.54, 1.807) is 0 Å². The Bertz CT molecular complexity index is 679. The molecule has 0 unspecified atom stereocenters. The van der Waals surface area contributed by atoms with Crippen molar-refractivity contribution in [3.05, 3.63) is 28.6 Å². The number of rotatable bonds is 2. The molecule has 90 valence electrons. The number of nitrogens with zero attached hydrogens (tertiary/aromatic N) is 1. The Morgan fingerprint density at radius 2 is 2.12 bits per heavy atom. The number of hydrogen-bond donors (Lipinski definition) is 4. The van der Waals surface area contributed by atoms with E-state index in [0.29, 0.717) is 5.52 Å². The zero-order chi connectivity index (χ0) is 12.6. The molecule has 0 saturated carbocycles. The van der Waals surface area contributed by atoms with Crippen LogP contribution in [0.25, 0.3) is 11.0 Å². The number of aromatic nitrogens is 2. The predicted octanol–water partition coefficient (Wildman–Crippen LogP) is 0.217. The van der Waals surface area contributed by atoms with Crippen LogP contribution in [0.2, 0.25) is 0 Å². The molecule has 0 aliphatic carbocycles. The van der Waals surface area contributed by atoms with Crippen molar-refractivity contribution >= 4 is 29.6 Å². The normalized spacial score (nSPS) is 11.6. The summed E-state index contributed by atoms with van der Waals surface area (Å²) in [5.41, 5.74) is -0.118. The molecule has 9 heteroatoms. The number of aromatic hydroxyl groups is 1. The van der Waals surface area contributed by atoms with Crippen molar-refractivity contribution < 1.29 is 19.4 Å². The van der Waals surface area contributed by atoms with Crippen molar-refractivity contribution in [3.8, 4) is 11.6 Å². The summed E-state index contributed by atoms with van der Waals surface area (Å²) in [6.45, 7) is -4.02. The van der Waals surface area contributed by atoms with E-state index in [2.05, 4.69) is 26.3 Å². The van der Waals surface area contributed by atoms with E-state index in [-0.39, 0.29) is 11.3 Å². The van der Waals surface area contributed by atoms with Gasteiger partial charge in [-0.3, -0.25) is 4.79 Å². The summed E-state index contributed by atoms with van der Waals surface area (Å²) >= 11 is 4.23. The summed E-state index contributed by atoms with van der Waals surface area (Å²) < 4.78 is 4.48. The SMILES string of the molecule is O=c1[nH]c2ccc(O)cc2nc1OP(O)(O)=S. The molecule has 1 aromatic heterocycles. The topological polar surface area (TPSA) is 116 Å². The monoisotopic (exact) mass is 274 g/mol. The molecule has 0 saturated heterocycles. The first-order chi connectivity index (χ1) is 7.85. The number of H-pyrrole nitrogens is 1. The van der Waals surface area contributed by atoms with E-state index in [1.165, 1.54) is 18.2 Å². The maximum atomic E-state index is 11.4. The summed E-state index contributed by atoms with van der Waals surface area (Å²) in [4.78, 5) is 35.5. The van der Waals surface area contributed by atoms with E-state index in [1.807, 2.05) is 0 Å². The van der Waals surface area contributed by atoms with Gasteiger partial charge in [0, 0.05) is 17.9 Å². The summed E-state index contributed by atoms with van der Waals surface area (Å²) in [5, 5.41) is 9.24. The number of benzene rings is 1. The van der Waals surface area contributed by atoms with Gasteiger partial charge < -0.3 is 24.4 Å². The molecule has 2 rings (SSSR count). The van der Waals surface area contributed by atoms with Crippen molar-refractivity contribution in [1.82, 2.24) is 9.97 Å². The lowest BCUT2D eigenvalue weighted by atomic mass is 10.3. The Labute approximate surface area is 99.6 Å². The Hall–Kier alpha value is -1.47. The molecular weight excluding hydrogens is 267 g/mol. The van der Waals surface area contributed by atoms with Gasteiger partial charge in [-0.15, -0.1) is 0 Å². The van der Waals surface area contributed by atoms with Gasteiger partial charge in [-0.25, -0.2) is 4.98 Å². The van der Waals surface area contributed by atoms with E-state index in [0.717, 1.165) is 0 Å². The van der Waals surface area contributed by atoms with Crippen molar-refractivity contribution in [2.45, 2.75) is 0 Å². The number of phenolic OH excluding ortho intramolecular Hbond substituents is 1. The molecule has 0 radical (unpaired) electrons. The van der Waals surface area contributed by atoms with Crippen LogP contribution < -0.4 is 10.1 Å². The van der Waals surface area contributed by atoms with Gasteiger partial charge in [0.05, 0.1) is 11.0 Å². The predicted molar refractivity (Wildman–Crippen MR) is 63.4 cm³/mol. The second-order valence-corrected chi connectivity index (χ2v) is 5.75. The lowest BCUT2D eigenvalue weighted by Gasteiger charge is -2.08. The fourth-order valence-electron chi connectivity index (χ4n) is 1.23. The molecule has 0 bridgehead atoms. The standard InChI is InChI=1S/C8H7N2O5PS/c11-4-1-2-5-6(3-4)10-8(7(12)9-5)15-16(13,14)17/h1-3,11H,(H,9,12)(H2,13,14,17). The van der Waals surface area contributed by atoms with Crippen LogP contribution in [0, 0.1) is 0 Å². The van der Waals surface area contributed by atoms with Crippen molar-refractivity contribution in [3.63, 3.8) is 0 Å². The van der Waals surface area contributed by atoms with Gasteiger partial charge in [0.1, 0.15) is 5.75 Å². The van der Waals surface area contributed by atoms with Crippen LogP contribution in [-0.4, -0.2) is 24.9 Å². The van der Waals surface area contributed by atoms with Gasteiger partial charge in [0.15, 0.2) is 0 Å². The molecule has 0 spiro atoms. The van der Waals surface area contributed by atoms with Crippen LogP contribution in [0.15, 0.2) is 23.0 Å². The molecule has 0 amide bonds. The van der Waals surface area contributed by atoms with E-state index < -0.39 is 18.2 Å². The molecule has 2 aromatic rings. The highest BCUT2D eigenvalue weighted by atomic mass is 32.5. The fraction of sp³-hybridized carbons (Fsp3) is 0. The lowest BCUT2D eigenvalue weighted by Crippen LogP contribution is -2.12. The molecule has 0 aliphatic rings. The minimum Gasteiger partial charge on any atom is -0.508 e. The second kappa shape index (κ2) is 4.08. The van der Waals surface area contributed by atoms with Crippen LogP contribution in [0.4, 0.5) is 0 Å². The van der Waals surface area contributed by atoms with Gasteiger partial charge >= 0.3 is 12.3 Å². The number of nitrogens with one attached hydrogen (secondary N) is 1. The summed E-state index contributed by atoms with van der Waals surface area (Å²) in [5.74, 6) is -0.591. The third-order valence-corrected chi connectivity index (χ3v) is 2.49. The molecule has 0 atom stereocenters. The number of hydrogen-bond acceptors (Lipinski definition) is 5. The first kappa shape index (κ1) is 12.0. The fourth-order valence-corrected chi connectivity index (χ4v) is 1.79. The van der Waals surface area contributed by atoms with Gasteiger partial charge in [-0.1, -0.05) is 0 Å². The van der Waals surface area contributed by atoms with Crippen molar-refractivity contribution in [1.29, 1.82) is 0 Å². The third kappa shape index (κ3) is 2.80. The van der Waals surface area contributed by atoms with Gasteiger partial charge in [-0.2, -0.15) is 0 Å². The van der Waals surface area contributed by atoms with Crippen molar-refractivity contribution in [2.24, 2.45) is 0 Å². The molecule has 1 aromatic carbocycles. The Morgan fingerprint density at radius 3 is 2.76 bits per heavy atom. The molecule has 4 N–H and O–H groups in total. The summed E-state index contributed by atoms with van der Waals surface area (Å²) in [7, 11) is 0. The minimum absolute atomic E-state index is 0.0459. The first-order valence-electron chi connectivity index (χ1n) is 4.33. The molecule has 0 aliphatic heterocycles.